The van der Waals surface area contributed by atoms with Gasteiger partial charge in [-0.25, -0.2) is 12.8 Å². The van der Waals surface area contributed by atoms with Gasteiger partial charge in [-0.05, 0) is 42.0 Å². The van der Waals surface area contributed by atoms with Crippen LogP contribution in [0.2, 0.25) is 0 Å². The molecule has 11 heteroatoms. The van der Waals surface area contributed by atoms with Crippen LogP contribution in [0, 0.1) is 5.82 Å². The zero-order chi connectivity index (χ0) is 23.1. The topological polar surface area (TPSA) is 46.6 Å². The summed E-state index contributed by atoms with van der Waals surface area (Å²) in [6.07, 6.45) is -4.41. The highest BCUT2D eigenvalue weighted by Gasteiger charge is 2.35. The molecule has 0 radical (unpaired) electrons. The number of anilines is 1. The van der Waals surface area contributed by atoms with Crippen LogP contribution in [0.25, 0.3) is 0 Å². The molecule has 0 N–H and O–H groups in total. The molecule has 0 amide bonds. The van der Waals surface area contributed by atoms with E-state index < -0.39 is 40.2 Å². The second-order valence-electron chi connectivity index (χ2n) is 6.66. The highest BCUT2D eigenvalue weighted by molar-refractivity contribution is 8.23. The van der Waals surface area contributed by atoms with Gasteiger partial charge in [0.15, 0.2) is 0 Å². The van der Waals surface area contributed by atoms with E-state index in [4.69, 9.17) is 17.0 Å². The van der Waals surface area contributed by atoms with Crippen LogP contribution in [0.5, 0.6) is 0 Å². The van der Waals surface area contributed by atoms with Crippen molar-refractivity contribution in [3.63, 3.8) is 0 Å². The van der Waals surface area contributed by atoms with E-state index in [0.29, 0.717) is 18.2 Å². The summed E-state index contributed by atoms with van der Waals surface area (Å²) in [4.78, 5) is 0. The Kier molecular flexibility index (Phi) is 9.14. The molecule has 0 aliphatic carbocycles. The monoisotopic (exact) mass is 495 g/mol. The molecule has 170 valence electrons. The molecule has 0 aliphatic heterocycles. The second kappa shape index (κ2) is 11.1. The van der Waals surface area contributed by atoms with Crippen molar-refractivity contribution in [1.29, 1.82) is 0 Å². The Balaban J connectivity index is 2.08. The molecule has 0 heterocycles. The molecular weight excluding hydrogens is 474 g/mol. The van der Waals surface area contributed by atoms with Gasteiger partial charge in [0.1, 0.15) is 5.82 Å². The van der Waals surface area contributed by atoms with Crippen molar-refractivity contribution in [1.82, 2.24) is 0 Å². The first-order valence-corrected chi connectivity index (χ1v) is 12.2. The summed E-state index contributed by atoms with van der Waals surface area (Å²) >= 11 is 5.73. The molecule has 31 heavy (non-hydrogen) atoms. The lowest BCUT2D eigenvalue weighted by molar-refractivity contribution is -0.133. The molecule has 0 saturated heterocycles. The fourth-order valence-corrected chi connectivity index (χ4v) is 5.15. The van der Waals surface area contributed by atoms with E-state index in [2.05, 4.69) is 0 Å². The average Bonchev–Trinajstić information content (AvgIpc) is 2.65. The van der Waals surface area contributed by atoms with Crippen LogP contribution in [0.3, 0.4) is 0 Å². The summed E-state index contributed by atoms with van der Waals surface area (Å²) in [6, 6.07) is 13.8. The first-order chi connectivity index (χ1) is 14.4. The summed E-state index contributed by atoms with van der Waals surface area (Å²) < 4.78 is 83.1. The van der Waals surface area contributed by atoms with Crippen LogP contribution in [-0.4, -0.2) is 43.6 Å². The van der Waals surface area contributed by atoms with Crippen LogP contribution < -0.4 is 4.31 Å². The molecule has 0 saturated carbocycles. The lowest BCUT2D eigenvalue weighted by Gasteiger charge is -2.28. The summed E-state index contributed by atoms with van der Waals surface area (Å²) in [5.41, 5.74) is 1.05. The van der Waals surface area contributed by atoms with Gasteiger partial charge in [0.2, 0.25) is 14.4 Å². The zero-order valence-electron chi connectivity index (χ0n) is 16.5. The SMILES string of the molecule is CS(=O)(=O)N(CC(CC(F)(F)F)SC(=S)OCCc1ccccc1)c1ccc(F)cc1. The predicted molar refractivity (Wildman–Crippen MR) is 119 cm³/mol. The van der Waals surface area contributed by atoms with Gasteiger partial charge in [-0.2, -0.15) is 13.2 Å². The van der Waals surface area contributed by atoms with E-state index in [9.17, 15) is 26.0 Å². The first-order valence-electron chi connectivity index (χ1n) is 9.11. The molecule has 0 aliphatic rings. The Morgan fingerprint density at radius 1 is 1.13 bits per heavy atom. The Morgan fingerprint density at radius 3 is 2.29 bits per heavy atom. The number of thioether (sulfide) groups is 1. The number of benzene rings is 2. The van der Waals surface area contributed by atoms with Crippen molar-refractivity contribution in [2.75, 3.05) is 23.7 Å². The largest absolute Gasteiger partial charge is 0.478 e. The molecule has 2 aromatic rings. The summed E-state index contributed by atoms with van der Waals surface area (Å²) in [5.74, 6) is -0.591. The summed E-state index contributed by atoms with van der Waals surface area (Å²) in [6.45, 7) is -0.320. The van der Waals surface area contributed by atoms with Gasteiger partial charge in [0, 0.05) is 18.2 Å². The second-order valence-corrected chi connectivity index (χ2v) is 10.5. The quantitative estimate of drug-likeness (QED) is 0.354. The Hall–Kier alpha value is -1.85. The number of nitrogens with zero attached hydrogens (tertiary/aromatic N) is 1. The maximum Gasteiger partial charge on any atom is 0.390 e. The summed E-state index contributed by atoms with van der Waals surface area (Å²) in [7, 11) is -3.92. The number of hydrogen-bond donors (Lipinski definition) is 0. The molecule has 0 aromatic heterocycles. The molecule has 2 aromatic carbocycles. The number of alkyl halides is 3. The third-order valence-electron chi connectivity index (χ3n) is 4.06. The highest BCUT2D eigenvalue weighted by Crippen LogP contribution is 2.31. The number of hydrogen-bond acceptors (Lipinski definition) is 5. The lowest BCUT2D eigenvalue weighted by Crippen LogP contribution is -2.38. The fraction of sp³-hybridized carbons (Fsp3) is 0.350. The molecular formula is C20H21F4NO3S3. The van der Waals surface area contributed by atoms with Crippen molar-refractivity contribution >= 4 is 44.1 Å². The van der Waals surface area contributed by atoms with E-state index in [-0.39, 0.29) is 16.7 Å². The minimum absolute atomic E-state index is 0.0626. The normalized spacial score (nSPS) is 12.9. The van der Waals surface area contributed by atoms with Crippen LogP contribution in [-0.2, 0) is 21.2 Å². The number of thiocarbonyl (C=S) groups is 1. The van der Waals surface area contributed by atoms with Gasteiger partial charge < -0.3 is 4.74 Å². The fourth-order valence-electron chi connectivity index (χ4n) is 2.69. The van der Waals surface area contributed by atoms with Crippen molar-refractivity contribution in [2.45, 2.75) is 24.3 Å². The van der Waals surface area contributed by atoms with Crippen molar-refractivity contribution in [2.24, 2.45) is 0 Å². The van der Waals surface area contributed by atoms with Gasteiger partial charge in [-0.1, -0.05) is 42.1 Å². The lowest BCUT2D eigenvalue weighted by atomic mass is 10.2. The molecule has 0 fully saturated rings. The van der Waals surface area contributed by atoms with Crippen LogP contribution in [0.1, 0.15) is 12.0 Å². The Morgan fingerprint density at radius 2 is 1.74 bits per heavy atom. The van der Waals surface area contributed by atoms with Crippen LogP contribution in [0.15, 0.2) is 54.6 Å². The highest BCUT2D eigenvalue weighted by atomic mass is 32.2. The van der Waals surface area contributed by atoms with Crippen LogP contribution in [0.4, 0.5) is 23.2 Å². The smallest absolute Gasteiger partial charge is 0.390 e. The number of ether oxygens (including phenoxy) is 1. The third kappa shape index (κ3) is 9.44. The van der Waals surface area contributed by atoms with Crippen LogP contribution >= 0.6 is 24.0 Å². The molecule has 4 nitrogen and oxygen atoms in total. The maximum atomic E-state index is 13.2. The average molecular weight is 496 g/mol. The van der Waals surface area contributed by atoms with Crippen molar-refractivity contribution in [3.8, 4) is 0 Å². The van der Waals surface area contributed by atoms with E-state index in [1.165, 1.54) is 12.1 Å². The minimum atomic E-state index is -4.54. The zero-order valence-corrected chi connectivity index (χ0v) is 19.0. The summed E-state index contributed by atoms with van der Waals surface area (Å²) in [5, 5.41) is -1.25. The van der Waals surface area contributed by atoms with E-state index in [1.54, 1.807) is 0 Å². The maximum absolute atomic E-state index is 13.2. The van der Waals surface area contributed by atoms with Crippen molar-refractivity contribution in [3.05, 3.63) is 66.0 Å². The number of rotatable bonds is 9. The standard InChI is InChI=1S/C20H21F4NO3S3/c1-31(26,27)25(17-9-7-16(21)8-10-17)14-18(13-20(22,23)24)30-19(29)28-12-11-15-5-3-2-4-6-15/h2-10,18H,11-14H2,1H3. The first kappa shape index (κ1) is 25.4. The van der Waals surface area contributed by atoms with Gasteiger partial charge in [-0.15, -0.1) is 0 Å². The van der Waals surface area contributed by atoms with E-state index >= 15 is 0 Å². The number of halogens is 4. The predicted octanol–water partition coefficient (Wildman–Crippen LogP) is 5.19. The van der Waals surface area contributed by atoms with Gasteiger partial charge in [0.05, 0.1) is 25.0 Å². The Bertz CT molecular complexity index is 952. The van der Waals surface area contributed by atoms with E-state index in [1.807, 2.05) is 30.3 Å². The Labute approximate surface area is 188 Å². The number of sulfonamides is 1. The molecule has 0 bridgehead atoms. The van der Waals surface area contributed by atoms with Gasteiger partial charge >= 0.3 is 6.18 Å². The third-order valence-corrected chi connectivity index (χ3v) is 6.59. The molecule has 0 spiro atoms. The minimum Gasteiger partial charge on any atom is -0.478 e. The molecule has 2 rings (SSSR count). The van der Waals surface area contributed by atoms with Gasteiger partial charge in [-0.3, -0.25) is 4.31 Å². The van der Waals surface area contributed by atoms with Crippen molar-refractivity contribution < 1.29 is 30.7 Å². The molecule has 1 atom stereocenters. The molecule has 1 unspecified atom stereocenters. The van der Waals surface area contributed by atoms with Gasteiger partial charge in [0.25, 0.3) is 0 Å². The van der Waals surface area contributed by atoms with E-state index in [0.717, 1.165) is 28.3 Å².